The van der Waals surface area contributed by atoms with E-state index in [2.05, 4.69) is 25.7 Å². The van der Waals surface area contributed by atoms with Crippen molar-refractivity contribution in [2.24, 2.45) is 5.73 Å². The summed E-state index contributed by atoms with van der Waals surface area (Å²) in [6, 6.07) is 7.13. The number of hydrogen-bond acceptors (Lipinski definition) is 2. The Morgan fingerprint density at radius 1 is 1.16 bits per heavy atom. The van der Waals surface area contributed by atoms with Gasteiger partial charge in [-0.1, -0.05) is 18.6 Å². The fourth-order valence-corrected chi connectivity index (χ4v) is 3.03. The van der Waals surface area contributed by atoms with Crippen LogP contribution in [0.25, 0.3) is 0 Å². The molecule has 0 aromatic heterocycles. The van der Waals surface area contributed by atoms with E-state index in [1.165, 1.54) is 25.0 Å². The van der Waals surface area contributed by atoms with Gasteiger partial charge in [0.1, 0.15) is 5.82 Å². The lowest BCUT2D eigenvalue weighted by Gasteiger charge is -2.43. The third-order valence-corrected chi connectivity index (χ3v) is 4.00. The number of hydrogen-bond donors (Lipinski definition) is 1. The van der Waals surface area contributed by atoms with E-state index in [9.17, 15) is 4.39 Å². The highest BCUT2D eigenvalue weighted by Crippen LogP contribution is 2.34. The molecule has 0 radical (unpaired) electrons. The van der Waals surface area contributed by atoms with E-state index in [4.69, 9.17) is 5.73 Å². The largest absolute Gasteiger partial charge is 0.326 e. The number of nitrogens with zero attached hydrogens (tertiary/aromatic N) is 1. The average Bonchev–Trinajstić information content (AvgIpc) is 2.52. The zero-order valence-corrected chi connectivity index (χ0v) is 12.2. The summed E-state index contributed by atoms with van der Waals surface area (Å²) in [5, 5.41) is 0. The molecule has 19 heavy (non-hydrogen) atoms. The Morgan fingerprint density at radius 3 is 2.37 bits per heavy atom. The first-order chi connectivity index (χ1) is 8.89. The van der Waals surface area contributed by atoms with E-state index in [1.807, 2.05) is 12.1 Å². The molecule has 0 amide bonds. The Morgan fingerprint density at radius 2 is 1.79 bits per heavy atom. The Hall–Kier alpha value is -0.930. The zero-order valence-electron chi connectivity index (χ0n) is 12.2. The quantitative estimate of drug-likeness (QED) is 0.841. The van der Waals surface area contributed by atoms with Crippen molar-refractivity contribution in [2.75, 3.05) is 6.54 Å². The van der Waals surface area contributed by atoms with Crippen molar-refractivity contribution in [2.45, 2.75) is 57.7 Å². The SMILES string of the molecule is CC(C)(C)N1CCCCC(N)C1c1ccc(F)cc1. The number of rotatable bonds is 1. The summed E-state index contributed by atoms with van der Waals surface area (Å²) in [6.45, 7) is 7.73. The number of benzene rings is 1. The molecule has 1 saturated heterocycles. The standard InChI is InChI=1S/C16H25FN2/c1-16(2,3)19-11-5-4-6-14(18)15(19)12-7-9-13(17)10-8-12/h7-10,14-15H,4-6,11,18H2,1-3H3. The maximum atomic E-state index is 13.1. The van der Waals surface area contributed by atoms with E-state index < -0.39 is 0 Å². The van der Waals surface area contributed by atoms with Gasteiger partial charge in [0.15, 0.2) is 0 Å². The normalized spacial score (nSPS) is 26.2. The number of likely N-dealkylation sites (tertiary alicyclic amines) is 1. The molecule has 3 heteroatoms. The summed E-state index contributed by atoms with van der Waals surface area (Å²) in [6.07, 6.45) is 3.39. The lowest BCUT2D eigenvalue weighted by Crippen LogP contribution is -2.49. The van der Waals surface area contributed by atoms with Crippen molar-refractivity contribution < 1.29 is 4.39 Å². The maximum absolute atomic E-state index is 13.1. The van der Waals surface area contributed by atoms with E-state index >= 15 is 0 Å². The van der Waals surface area contributed by atoms with Gasteiger partial charge in [-0.3, -0.25) is 4.90 Å². The lowest BCUT2D eigenvalue weighted by atomic mass is 9.92. The van der Waals surface area contributed by atoms with Gasteiger partial charge in [-0.2, -0.15) is 0 Å². The van der Waals surface area contributed by atoms with Crippen molar-refractivity contribution in [1.82, 2.24) is 4.90 Å². The van der Waals surface area contributed by atoms with Crippen molar-refractivity contribution in [3.8, 4) is 0 Å². The molecule has 2 N–H and O–H groups in total. The minimum atomic E-state index is -0.187. The number of nitrogens with two attached hydrogens (primary N) is 1. The van der Waals surface area contributed by atoms with Crippen LogP contribution in [-0.2, 0) is 0 Å². The van der Waals surface area contributed by atoms with Gasteiger partial charge in [-0.25, -0.2) is 4.39 Å². The fraction of sp³-hybridized carbons (Fsp3) is 0.625. The molecule has 1 aliphatic rings. The third kappa shape index (κ3) is 3.34. The monoisotopic (exact) mass is 264 g/mol. The highest BCUT2D eigenvalue weighted by atomic mass is 19.1. The van der Waals surface area contributed by atoms with Crippen molar-refractivity contribution >= 4 is 0 Å². The van der Waals surface area contributed by atoms with Crippen LogP contribution in [-0.4, -0.2) is 23.0 Å². The first-order valence-corrected chi connectivity index (χ1v) is 7.17. The molecule has 2 nitrogen and oxygen atoms in total. The van der Waals surface area contributed by atoms with Crippen LogP contribution in [0.4, 0.5) is 4.39 Å². The molecule has 1 fully saturated rings. The molecular weight excluding hydrogens is 239 g/mol. The molecule has 2 unspecified atom stereocenters. The molecule has 2 atom stereocenters. The van der Waals surface area contributed by atoms with Gasteiger partial charge in [0, 0.05) is 11.6 Å². The molecule has 0 saturated carbocycles. The van der Waals surface area contributed by atoms with Gasteiger partial charge in [-0.15, -0.1) is 0 Å². The van der Waals surface area contributed by atoms with Crippen LogP contribution in [0.1, 0.15) is 51.6 Å². The van der Waals surface area contributed by atoms with Crippen molar-refractivity contribution in [3.63, 3.8) is 0 Å². The number of halogens is 1. The summed E-state index contributed by atoms with van der Waals surface area (Å²) in [5.41, 5.74) is 7.60. The topological polar surface area (TPSA) is 29.3 Å². The van der Waals surface area contributed by atoms with E-state index in [0.29, 0.717) is 0 Å². The highest BCUT2D eigenvalue weighted by Gasteiger charge is 2.34. The first-order valence-electron chi connectivity index (χ1n) is 7.17. The Labute approximate surface area is 115 Å². The Balaban J connectivity index is 2.36. The van der Waals surface area contributed by atoms with Crippen LogP contribution in [0.3, 0.4) is 0 Å². The molecular formula is C16H25FN2. The Kier molecular flexibility index (Phi) is 4.26. The minimum absolute atomic E-state index is 0.0704. The van der Waals surface area contributed by atoms with E-state index in [1.54, 1.807) is 0 Å². The third-order valence-electron chi connectivity index (χ3n) is 4.00. The predicted octanol–water partition coefficient (Wildman–Crippen LogP) is 3.48. The molecule has 1 aromatic rings. The second-order valence-electron chi connectivity index (χ2n) is 6.52. The molecule has 106 valence electrons. The van der Waals surface area contributed by atoms with Crippen LogP contribution in [0.2, 0.25) is 0 Å². The summed E-state index contributed by atoms with van der Waals surface area (Å²) in [4.78, 5) is 2.47. The highest BCUT2D eigenvalue weighted by molar-refractivity contribution is 5.22. The second-order valence-corrected chi connectivity index (χ2v) is 6.52. The van der Waals surface area contributed by atoms with Gasteiger partial charge < -0.3 is 5.73 Å². The molecule has 1 aromatic carbocycles. The molecule has 0 bridgehead atoms. The molecule has 0 aliphatic carbocycles. The zero-order chi connectivity index (χ0) is 14.0. The van der Waals surface area contributed by atoms with Crippen LogP contribution < -0.4 is 5.73 Å². The van der Waals surface area contributed by atoms with Gasteiger partial charge >= 0.3 is 0 Å². The maximum Gasteiger partial charge on any atom is 0.123 e. The van der Waals surface area contributed by atoms with Crippen LogP contribution in [0.5, 0.6) is 0 Å². The summed E-state index contributed by atoms with van der Waals surface area (Å²) < 4.78 is 13.1. The molecule has 1 aliphatic heterocycles. The average molecular weight is 264 g/mol. The second kappa shape index (κ2) is 5.59. The molecule has 2 rings (SSSR count). The van der Waals surface area contributed by atoms with Gasteiger partial charge in [0.05, 0.1) is 6.04 Å². The predicted molar refractivity (Wildman–Crippen MR) is 77.4 cm³/mol. The Bertz CT molecular complexity index is 408. The summed E-state index contributed by atoms with van der Waals surface area (Å²) in [5.74, 6) is -0.187. The van der Waals surface area contributed by atoms with Crippen LogP contribution in [0, 0.1) is 5.82 Å². The molecule has 1 heterocycles. The summed E-state index contributed by atoms with van der Waals surface area (Å²) >= 11 is 0. The van der Waals surface area contributed by atoms with Gasteiger partial charge in [-0.05, 0) is 57.9 Å². The van der Waals surface area contributed by atoms with Crippen LogP contribution in [0.15, 0.2) is 24.3 Å². The van der Waals surface area contributed by atoms with E-state index in [-0.39, 0.29) is 23.4 Å². The minimum Gasteiger partial charge on any atom is -0.326 e. The van der Waals surface area contributed by atoms with E-state index in [0.717, 1.165) is 18.5 Å². The smallest absolute Gasteiger partial charge is 0.123 e. The lowest BCUT2D eigenvalue weighted by molar-refractivity contribution is 0.0755. The molecule has 0 spiro atoms. The van der Waals surface area contributed by atoms with Gasteiger partial charge in [0.25, 0.3) is 0 Å². The van der Waals surface area contributed by atoms with Crippen molar-refractivity contribution in [3.05, 3.63) is 35.6 Å². The fourth-order valence-electron chi connectivity index (χ4n) is 3.03. The first kappa shape index (κ1) is 14.5. The van der Waals surface area contributed by atoms with Crippen molar-refractivity contribution in [1.29, 1.82) is 0 Å². The van der Waals surface area contributed by atoms with Gasteiger partial charge in [0.2, 0.25) is 0 Å². The van der Waals surface area contributed by atoms with Crippen LogP contribution >= 0.6 is 0 Å². The summed E-state index contributed by atoms with van der Waals surface area (Å²) in [7, 11) is 0.